The van der Waals surface area contributed by atoms with Gasteiger partial charge in [0.2, 0.25) is 0 Å². The standard InChI is InChI=1S/C45H30N4/c1-4-14-31(15-5-1)36-28-37(30-38(29-36)43-40-21-11-10-20-39(40)42(47-48-43)33-16-6-2-7-17-33)32-23-25-35(26-24-32)45-44(34-18-8-3-9-19-34)46-41-22-12-13-27-49(41)45/h1-30H/i1D,4D,5D,14D,15D. The van der Waals surface area contributed by atoms with E-state index in [-0.39, 0.29) is 29.7 Å². The normalized spacial score (nSPS) is 12.7. The molecule has 0 aliphatic heterocycles. The van der Waals surface area contributed by atoms with E-state index in [0.29, 0.717) is 16.8 Å². The Morgan fingerprint density at radius 2 is 0.939 bits per heavy atom. The van der Waals surface area contributed by atoms with Crippen LogP contribution in [0.3, 0.4) is 0 Å². The van der Waals surface area contributed by atoms with Crippen LogP contribution in [0.5, 0.6) is 0 Å². The summed E-state index contributed by atoms with van der Waals surface area (Å²) in [7, 11) is 0. The highest BCUT2D eigenvalue weighted by molar-refractivity contribution is 6.02. The van der Waals surface area contributed by atoms with Gasteiger partial charge in [0.25, 0.3) is 0 Å². The first kappa shape index (κ1) is 23.6. The van der Waals surface area contributed by atoms with Gasteiger partial charge in [-0.15, -0.1) is 10.2 Å². The lowest BCUT2D eigenvalue weighted by molar-refractivity contribution is 1.06. The molecular weight excluding hydrogens is 597 g/mol. The number of fused-ring (bicyclic) bond motifs is 2. The number of aromatic nitrogens is 4. The maximum atomic E-state index is 8.83. The van der Waals surface area contributed by atoms with Gasteiger partial charge < -0.3 is 0 Å². The Labute approximate surface area is 291 Å². The van der Waals surface area contributed by atoms with Crippen molar-refractivity contribution < 1.29 is 6.85 Å². The van der Waals surface area contributed by atoms with Crippen molar-refractivity contribution in [3.8, 4) is 67.3 Å². The molecule has 0 fully saturated rings. The Morgan fingerprint density at radius 1 is 0.408 bits per heavy atom. The van der Waals surface area contributed by atoms with Crippen LogP contribution in [0.25, 0.3) is 83.7 Å². The monoisotopic (exact) mass is 631 g/mol. The molecule has 4 nitrogen and oxygen atoms in total. The molecule has 0 radical (unpaired) electrons. The topological polar surface area (TPSA) is 43.1 Å². The van der Waals surface area contributed by atoms with E-state index < -0.39 is 6.04 Å². The minimum Gasteiger partial charge on any atom is -0.299 e. The van der Waals surface area contributed by atoms with E-state index >= 15 is 0 Å². The van der Waals surface area contributed by atoms with Crippen LogP contribution in [0.1, 0.15) is 6.85 Å². The van der Waals surface area contributed by atoms with Crippen LogP contribution in [-0.4, -0.2) is 19.6 Å². The zero-order chi connectivity index (χ0) is 36.9. The van der Waals surface area contributed by atoms with Crippen LogP contribution in [0.4, 0.5) is 0 Å². The number of hydrogen-bond donors (Lipinski definition) is 0. The quantitative estimate of drug-likeness (QED) is 0.183. The number of hydrogen-bond acceptors (Lipinski definition) is 3. The lowest BCUT2D eigenvalue weighted by atomic mass is 9.92. The van der Waals surface area contributed by atoms with Crippen LogP contribution in [0, 0.1) is 0 Å². The molecule has 230 valence electrons. The zero-order valence-electron chi connectivity index (χ0n) is 31.2. The van der Waals surface area contributed by atoms with Crippen LogP contribution >= 0.6 is 0 Å². The summed E-state index contributed by atoms with van der Waals surface area (Å²) in [4.78, 5) is 4.99. The molecule has 49 heavy (non-hydrogen) atoms. The van der Waals surface area contributed by atoms with Crippen molar-refractivity contribution in [2.24, 2.45) is 0 Å². The highest BCUT2D eigenvalue weighted by Gasteiger charge is 2.17. The second-order valence-corrected chi connectivity index (χ2v) is 11.8. The molecule has 0 atom stereocenters. The van der Waals surface area contributed by atoms with Crippen molar-refractivity contribution in [3.05, 3.63) is 182 Å². The van der Waals surface area contributed by atoms with Crippen molar-refractivity contribution in [2.45, 2.75) is 0 Å². The van der Waals surface area contributed by atoms with Crippen molar-refractivity contribution >= 4 is 16.4 Å². The Hall–Kier alpha value is -6.65. The van der Waals surface area contributed by atoms with Gasteiger partial charge in [0.1, 0.15) is 17.0 Å². The van der Waals surface area contributed by atoms with E-state index in [4.69, 9.17) is 22.0 Å². The van der Waals surface area contributed by atoms with E-state index in [2.05, 4.69) is 28.7 Å². The molecule has 0 aliphatic carbocycles. The molecule has 0 aliphatic rings. The highest BCUT2D eigenvalue weighted by Crippen LogP contribution is 2.38. The van der Waals surface area contributed by atoms with Gasteiger partial charge in [0.15, 0.2) is 0 Å². The third-order valence-electron chi connectivity index (χ3n) is 8.80. The predicted octanol–water partition coefficient (Wildman–Crippen LogP) is 11.3. The number of rotatable bonds is 6. The summed E-state index contributed by atoms with van der Waals surface area (Å²) < 4.78 is 44.8. The Balaban J connectivity index is 1.24. The summed E-state index contributed by atoms with van der Waals surface area (Å²) in [5.41, 5.74) is 9.99. The highest BCUT2D eigenvalue weighted by atomic mass is 15.1. The van der Waals surface area contributed by atoms with E-state index in [9.17, 15) is 0 Å². The van der Waals surface area contributed by atoms with Gasteiger partial charge in [-0.2, -0.15) is 0 Å². The van der Waals surface area contributed by atoms with Crippen molar-refractivity contribution in [1.29, 1.82) is 0 Å². The van der Waals surface area contributed by atoms with Crippen molar-refractivity contribution in [3.63, 3.8) is 0 Å². The van der Waals surface area contributed by atoms with Gasteiger partial charge in [-0.25, -0.2) is 4.98 Å². The van der Waals surface area contributed by atoms with E-state index in [0.717, 1.165) is 61.3 Å². The largest absolute Gasteiger partial charge is 0.299 e. The molecule has 9 aromatic rings. The summed E-state index contributed by atoms with van der Waals surface area (Å²) in [5.74, 6) is 0. The molecule has 0 saturated carbocycles. The lowest BCUT2D eigenvalue weighted by Crippen LogP contribution is -1.96. The van der Waals surface area contributed by atoms with Crippen molar-refractivity contribution in [2.75, 3.05) is 0 Å². The first-order valence-corrected chi connectivity index (χ1v) is 16.0. The number of pyridine rings is 1. The van der Waals surface area contributed by atoms with Crippen LogP contribution in [-0.2, 0) is 0 Å². The minimum atomic E-state index is -0.434. The molecule has 0 saturated heterocycles. The molecule has 0 N–H and O–H groups in total. The van der Waals surface area contributed by atoms with Gasteiger partial charge in [-0.05, 0) is 52.6 Å². The SMILES string of the molecule is [2H]c1c([2H])c([2H])c(-c2cc(-c3ccc(-c4c(-c5ccccc5)nc5ccccn45)cc3)cc(-c3nnc(-c4ccccc4)c4ccccc34)c2)c([2H])c1[2H]. The van der Waals surface area contributed by atoms with Crippen molar-refractivity contribution in [1.82, 2.24) is 19.6 Å². The van der Waals surface area contributed by atoms with E-state index in [1.54, 1.807) is 0 Å². The third-order valence-corrected chi connectivity index (χ3v) is 8.80. The Bertz CT molecular complexity index is 2840. The van der Waals surface area contributed by atoms with Gasteiger partial charge in [0.05, 0.1) is 18.2 Å². The molecule has 3 aromatic heterocycles. The van der Waals surface area contributed by atoms with E-state index in [1.165, 1.54) is 0 Å². The average Bonchev–Trinajstić information content (AvgIpc) is 3.62. The fourth-order valence-corrected chi connectivity index (χ4v) is 6.49. The zero-order valence-corrected chi connectivity index (χ0v) is 26.2. The summed E-state index contributed by atoms with van der Waals surface area (Å²) in [5, 5.41) is 11.3. The molecule has 9 rings (SSSR count). The summed E-state index contributed by atoms with van der Waals surface area (Å²) in [6, 6.07) is 46.2. The molecule has 0 unspecified atom stereocenters. The second-order valence-electron chi connectivity index (χ2n) is 11.8. The van der Waals surface area contributed by atoms with Gasteiger partial charge >= 0.3 is 0 Å². The number of imidazole rings is 1. The second kappa shape index (κ2) is 12.2. The molecule has 0 bridgehead atoms. The molecule has 0 spiro atoms. The smallest absolute Gasteiger partial charge is 0.137 e. The van der Waals surface area contributed by atoms with E-state index in [1.807, 2.05) is 128 Å². The third kappa shape index (κ3) is 5.26. The van der Waals surface area contributed by atoms with Crippen LogP contribution in [0.2, 0.25) is 0 Å². The fraction of sp³-hybridized carbons (Fsp3) is 0. The minimum absolute atomic E-state index is 0.122. The Morgan fingerprint density at radius 3 is 1.61 bits per heavy atom. The predicted molar refractivity (Wildman–Crippen MR) is 201 cm³/mol. The summed E-state index contributed by atoms with van der Waals surface area (Å²) in [6.07, 6.45) is 2.02. The van der Waals surface area contributed by atoms with Gasteiger partial charge in [-0.3, -0.25) is 4.40 Å². The lowest BCUT2D eigenvalue weighted by Gasteiger charge is -2.14. The number of benzene rings is 6. The molecule has 4 heteroatoms. The maximum Gasteiger partial charge on any atom is 0.137 e. The maximum absolute atomic E-state index is 8.83. The number of nitrogens with zero attached hydrogens (tertiary/aromatic N) is 4. The van der Waals surface area contributed by atoms with Crippen LogP contribution in [0.15, 0.2) is 182 Å². The summed E-state index contributed by atoms with van der Waals surface area (Å²) in [6.45, 7) is 0. The molecular formula is C45H30N4. The average molecular weight is 632 g/mol. The summed E-state index contributed by atoms with van der Waals surface area (Å²) >= 11 is 0. The van der Waals surface area contributed by atoms with Gasteiger partial charge in [-0.1, -0.05) is 145 Å². The fourth-order valence-electron chi connectivity index (χ4n) is 6.49. The molecule has 6 aromatic carbocycles. The van der Waals surface area contributed by atoms with Crippen LogP contribution < -0.4 is 0 Å². The molecule has 0 amide bonds. The Kier molecular flexibility index (Phi) is 5.87. The molecule has 3 heterocycles. The first-order chi connectivity index (χ1) is 26.4. The van der Waals surface area contributed by atoms with Gasteiger partial charge in [0, 0.05) is 39.2 Å². The first-order valence-electron chi connectivity index (χ1n) is 18.5.